The molecule has 154 valence electrons. The number of anilines is 1. The molecule has 4 rings (SSSR count). The van der Waals surface area contributed by atoms with Crippen molar-refractivity contribution in [3.63, 3.8) is 0 Å². The van der Waals surface area contributed by atoms with Crippen LogP contribution < -0.4 is 10.5 Å². The van der Waals surface area contributed by atoms with Gasteiger partial charge in [-0.25, -0.2) is 4.98 Å². The van der Waals surface area contributed by atoms with E-state index >= 15 is 0 Å². The molecule has 0 atom stereocenters. The topological polar surface area (TPSA) is 81.3 Å². The number of hydrogen-bond acceptors (Lipinski definition) is 5. The number of non-ortho nitro benzene ring substituents is 1. The Hall–Kier alpha value is -4.26. The summed E-state index contributed by atoms with van der Waals surface area (Å²) in [6.45, 7) is 0. The lowest BCUT2D eigenvalue weighted by atomic mass is 10.1. The number of aromatic nitrogens is 2. The van der Waals surface area contributed by atoms with Crippen molar-refractivity contribution in [1.29, 1.82) is 0 Å². The molecule has 31 heavy (non-hydrogen) atoms. The van der Waals surface area contributed by atoms with Gasteiger partial charge in [0.25, 0.3) is 11.2 Å². The molecule has 1 aromatic heterocycles. The van der Waals surface area contributed by atoms with Crippen molar-refractivity contribution in [2.24, 2.45) is 0 Å². The number of hydrogen-bond donors (Lipinski definition) is 0. The molecule has 0 unspecified atom stereocenters. The van der Waals surface area contributed by atoms with Gasteiger partial charge in [0, 0.05) is 31.9 Å². The molecule has 7 heteroatoms. The maximum atomic E-state index is 13.3. The van der Waals surface area contributed by atoms with E-state index < -0.39 is 4.92 Å². The van der Waals surface area contributed by atoms with Crippen LogP contribution >= 0.6 is 0 Å². The van der Waals surface area contributed by atoms with Crippen molar-refractivity contribution < 1.29 is 4.92 Å². The van der Waals surface area contributed by atoms with Gasteiger partial charge in [-0.2, -0.15) is 0 Å². The van der Waals surface area contributed by atoms with Gasteiger partial charge in [-0.1, -0.05) is 36.4 Å². The monoisotopic (exact) mass is 412 g/mol. The molecule has 0 saturated heterocycles. The Labute approximate surface area is 178 Å². The number of nitro benzene ring substituents is 1. The van der Waals surface area contributed by atoms with Crippen LogP contribution in [-0.2, 0) is 0 Å². The van der Waals surface area contributed by atoms with E-state index in [0.29, 0.717) is 17.0 Å². The van der Waals surface area contributed by atoms with E-state index in [4.69, 9.17) is 0 Å². The number of fused-ring (bicyclic) bond motifs is 1. The lowest BCUT2D eigenvalue weighted by Crippen LogP contribution is -2.22. The summed E-state index contributed by atoms with van der Waals surface area (Å²) in [5.74, 6) is 0.439. The van der Waals surface area contributed by atoms with E-state index in [2.05, 4.69) is 4.98 Å². The van der Waals surface area contributed by atoms with Crippen LogP contribution in [0, 0.1) is 10.1 Å². The van der Waals surface area contributed by atoms with Gasteiger partial charge in [0.15, 0.2) is 0 Å². The van der Waals surface area contributed by atoms with Crippen molar-refractivity contribution in [2.75, 3.05) is 19.0 Å². The van der Waals surface area contributed by atoms with Gasteiger partial charge in [0.2, 0.25) is 0 Å². The highest BCUT2D eigenvalue weighted by molar-refractivity contribution is 5.82. The van der Waals surface area contributed by atoms with Crippen molar-refractivity contribution >= 4 is 34.4 Å². The zero-order chi connectivity index (χ0) is 22.0. The second-order valence-electron chi connectivity index (χ2n) is 7.22. The normalized spacial score (nSPS) is 11.2. The smallest absolute Gasteiger partial charge is 0.270 e. The SMILES string of the molecule is CN(C)c1ccc(/C=C/c2nc3ccc([N+](=O)[O-])cc3c(=O)n2-c2ccccc2)cc1. The maximum Gasteiger partial charge on any atom is 0.270 e. The lowest BCUT2D eigenvalue weighted by Gasteiger charge is -2.12. The second kappa shape index (κ2) is 8.23. The van der Waals surface area contributed by atoms with Crippen LogP contribution in [0.25, 0.3) is 28.7 Å². The Balaban J connectivity index is 1.88. The van der Waals surface area contributed by atoms with E-state index in [9.17, 15) is 14.9 Å². The van der Waals surface area contributed by atoms with Crippen LogP contribution in [-0.4, -0.2) is 28.6 Å². The highest BCUT2D eigenvalue weighted by Gasteiger charge is 2.14. The second-order valence-corrected chi connectivity index (χ2v) is 7.22. The predicted octanol–water partition coefficient (Wildman–Crippen LogP) is 4.53. The van der Waals surface area contributed by atoms with E-state index in [1.165, 1.54) is 22.8 Å². The predicted molar refractivity (Wildman–Crippen MR) is 124 cm³/mol. The molecule has 3 aromatic carbocycles. The van der Waals surface area contributed by atoms with Crippen molar-refractivity contribution in [3.05, 3.63) is 105 Å². The molecular formula is C24H20N4O3. The van der Waals surface area contributed by atoms with Crippen LogP contribution in [0.4, 0.5) is 11.4 Å². The van der Waals surface area contributed by atoms with Gasteiger partial charge in [-0.15, -0.1) is 0 Å². The largest absolute Gasteiger partial charge is 0.378 e. The summed E-state index contributed by atoms with van der Waals surface area (Å²) in [5, 5.41) is 11.4. The van der Waals surface area contributed by atoms with E-state index in [0.717, 1.165) is 11.3 Å². The molecule has 0 aliphatic rings. The van der Waals surface area contributed by atoms with Gasteiger partial charge < -0.3 is 4.90 Å². The number of nitro groups is 1. The summed E-state index contributed by atoms with van der Waals surface area (Å²) in [7, 11) is 3.96. The van der Waals surface area contributed by atoms with Gasteiger partial charge in [0.05, 0.1) is 21.5 Å². The highest BCUT2D eigenvalue weighted by Crippen LogP contribution is 2.20. The average Bonchev–Trinajstić information content (AvgIpc) is 2.78. The Morgan fingerprint density at radius 3 is 2.32 bits per heavy atom. The highest BCUT2D eigenvalue weighted by atomic mass is 16.6. The zero-order valence-corrected chi connectivity index (χ0v) is 17.1. The Morgan fingerprint density at radius 1 is 0.968 bits per heavy atom. The summed E-state index contributed by atoms with van der Waals surface area (Å²) in [4.78, 5) is 30.6. The fourth-order valence-corrected chi connectivity index (χ4v) is 3.30. The van der Waals surface area contributed by atoms with Gasteiger partial charge in [-0.05, 0) is 42.0 Å². The molecule has 0 fully saturated rings. The van der Waals surface area contributed by atoms with Crippen molar-refractivity contribution in [1.82, 2.24) is 9.55 Å². The van der Waals surface area contributed by atoms with Gasteiger partial charge in [0.1, 0.15) is 5.82 Å². The minimum Gasteiger partial charge on any atom is -0.378 e. The molecule has 0 spiro atoms. The zero-order valence-electron chi connectivity index (χ0n) is 17.1. The number of para-hydroxylation sites is 1. The van der Waals surface area contributed by atoms with Crippen LogP contribution in [0.5, 0.6) is 0 Å². The summed E-state index contributed by atoms with van der Waals surface area (Å²) in [6, 6.07) is 21.2. The average molecular weight is 412 g/mol. The van der Waals surface area contributed by atoms with Crippen molar-refractivity contribution in [2.45, 2.75) is 0 Å². The molecule has 4 aromatic rings. The lowest BCUT2D eigenvalue weighted by molar-refractivity contribution is -0.384. The van der Waals surface area contributed by atoms with Crippen LogP contribution in [0.3, 0.4) is 0 Å². The third kappa shape index (κ3) is 4.06. The summed E-state index contributed by atoms with van der Waals surface area (Å²) in [5.41, 5.74) is 2.59. The number of nitrogens with zero attached hydrogens (tertiary/aromatic N) is 4. The third-order valence-corrected chi connectivity index (χ3v) is 4.94. The summed E-state index contributed by atoms with van der Waals surface area (Å²) < 4.78 is 1.47. The Bertz CT molecular complexity index is 1340. The fraction of sp³-hybridized carbons (Fsp3) is 0.0833. The molecule has 0 saturated carbocycles. The van der Waals surface area contributed by atoms with Crippen LogP contribution in [0.2, 0.25) is 0 Å². The standard InChI is InChI=1S/C24H20N4O3/c1-26(2)18-11-8-17(9-12-18)10-15-23-25-22-14-13-20(28(30)31)16-21(22)24(29)27(23)19-6-4-3-5-7-19/h3-16H,1-2H3/b15-10+. The van der Waals surface area contributed by atoms with E-state index in [1.807, 2.05) is 67.5 Å². The van der Waals surface area contributed by atoms with Gasteiger partial charge >= 0.3 is 0 Å². The minimum absolute atomic E-state index is 0.143. The molecule has 0 aliphatic heterocycles. The van der Waals surface area contributed by atoms with E-state index in [-0.39, 0.29) is 16.6 Å². The van der Waals surface area contributed by atoms with Crippen molar-refractivity contribution in [3.8, 4) is 5.69 Å². The first kappa shape index (κ1) is 20.0. The summed E-state index contributed by atoms with van der Waals surface area (Å²) in [6.07, 6.45) is 3.66. The Kier molecular flexibility index (Phi) is 5.32. The number of benzene rings is 3. The third-order valence-electron chi connectivity index (χ3n) is 4.94. The maximum absolute atomic E-state index is 13.3. The fourth-order valence-electron chi connectivity index (χ4n) is 3.30. The molecule has 0 amide bonds. The molecule has 7 nitrogen and oxygen atoms in total. The molecule has 0 N–H and O–H groups in total. The van der Waals surface area contributed by atoms with Crippen LogP contribution in [0.1, 0.15) is 11.4 Å². The Morgan fingerprint density at radius 2 is 1.68 bits per heavy atom. The van der Waals surface area contributed by atoms with Crippen LogP contribution in [0.15, 0.2) is 77.6 Å². The first-order valence-electron chi connectivity index (χ1n) is 9.66. The molecule has 0 aliphatic carbocycles. The van der Waals surface area contributed by atoms with E-state index in [1.54, 1.807) is 18.2 Å². The molecule has 1 heterocycles. The minimum atomic E-state index is -0.517. The molecular weight excluding hydrogens is 392 g/mol. The van der Waals surface area contributed by atoms with Gasteiger partial charge in [-0.3, -0.25) is 19.5 Å². The molecule has 0 radical (unpaired) electrons. The first-order chi connectivity index (χ1) is 14.9. The quantitative estimate of drug-likeness (QED) is 0.355. The molecule has 0 bridgehead atoms. The number of rotatable bonds is 5. The first-order valence-corrected chi connectivity index (χ1v) is 9.66. The summed E-state index contributed by atoms with van der Waals surface area (Å²) >= 11 is 0.